The Morgan fingerprint density at radius 3 is 2.23 bits per heavy atom. The normalized spacial score (nSPS) is 18.4. The lowest BCUT2D eigenvalue weighted by atomic mass is 9.91. The smallest absolute Gasteiger partial charge is 0.323 e. The SMILES string of the molecule is COC(C#N)(COCN[C@@H](C)C(=O)OC1CCCCC1)[C@@H](OC(=O)C(N)C(C)C)[C@@H](OC(=O)C(N)C(C)C)c1ccc2c(N)ncnn12. The number of nitrogens with one attached hydrogen (secondary N) is 1. The van der Waals surface area contributed by atoms with E-state index in [9.17, 15) is 19.6 Å². The summed E-state index contributed by atoms with van der Waals surface area (Å²) in [6, 6.07) is 2.30. The number of nitrogens with zero attached hydrogens (tertiary/aromatic N) is 4. The number of hydrogen-bond acceptors (Lipinski definition) is 15. The van der Waals surface area contributed by atoms with E-state index in [1.807, 2.05) is 0 Å². The van der Waals surface area contributed by atoms with Crippen molar-refractivity contribution in [2.75, 3.05) is 26.2 Å². The van der Waals surface area contributed by atoms with Gasteiger partial charge in [0.25, 0.3) is 0 Å². The summed E-state index contributed by atoms with van der Waals surface area (Å²) in [4.78, 5) is 43.5. The number of carbonyl (C=O) groups excluding carboxylic acids is 3. The molecule has 16 heteroatoms. The third-order valence-corrected chi connectivity index (χ3v) is 8.55. The van der Waals surface area contributed by atoms with Crippen LogP contribution in [0.5, 0.6) is 0 Å². The minimum Gasteiger partial charge on any atom is -0.461 e. The van der Waals surface area contributed by atoms with Crippen molar-refractivity contribution in [3.63, 3.8) is 0 Å². The molecule has 0 bridgehead atoms. The van der Waals surface area contributed by atoms with Crippen molar-refractivity contribution in [2.45, 2.75) is 109 Å². The minimum absolute atomic E-state index is 0.113. The summed E-state index contributed by atoms with van der Waals surface area (Å²) in [7, 11) is 1.22. The Hall–Kier alpha value is -3.88. The summed E-state index contributed by atoms with van der Waals surface area (Å²) >= 11 is 0. The number of methoxy groups -OCH3 is 1. The van der Waals surface area contributed by atoms with Crippen LogP contribution in [0.3, 0.4) is 0 Å². The van der Waals surface area contributed by atoms with Crippen LogP contribution >= 0.6 is 0 Å². The summed E-state index contributed by atoms with van der Waals surface area (Å²) in [6.07, 6.45) is 2.71. The van der Waals surface area contributed by atoms with Crippen LogP contribution in [-0.4, -0.2) is 88.9 Å². The molecule has 16 nitrogen and oxygen atoms in total. The zero-order chi connectivity index (χ0) is 35.6. The van der Waals surface area contributed by atoms with E-state index in [1.165, 1.54) is 18.0 Å². The van der Waals surface area contributed by atoms with Crippen molar-refractivity contribution in [3.8, 4) is 6.07 Å². The summed E-state index contributed by atoms with van der Waals surface area (Å²) in [5.41, 5.74) is 16.8. The van der Waals surface area contributed by atoms with Gasteiger partial charge < -0.3 is 40.9 Å². The van der Waals surface area contributed by atoms with Crippen LogP contribution in [0.2, 0.25) is 0 Å². The first-order valence-electron chi connectivity index (χ1n) is 16.2. The fourth-order valence-electron chi connectivity index (χ4n) is 5.14. The lowest BCUT2D eigenvalue weighted by molar-refractivity contribution is -0.200. The zero-order valence-corrected chi connectivity index (χ0v) is 28.6. The van der Waals surface area contributed by atoms with E-state index < -0.39 is 60.4 Å². The minimum atomic E-state index is -2.09. The van der Waals surface area contributed by atoms with Gasteiger partial charge in [0.1, 0.15) is 42.1 Å². The van der Waals surface area contributed by atoms with E-state index in [1.54, 1.807) is 46.8 Å². The zero-order valence-electron chi connectivity index (χ0n) is 28.6. The third kappa shape index (κ3) is 9.38. The first kappa shape index (κ1) is 38.6. The number of nitriles is 1. The molecule has 48 heavy (non-hydrogen) atoms. The number of aromatic nitrogens is 3. The molecule has 0 aliphatic heterocycles. The van der Waals surface area contributed by atoms with Gasteiger partial charge in [-0.15, -0.1) is 0 Å². The number of carbonyl (C=O) groups is 3. The van der Waals surface area contributed by atoms with Crippen molar-refractivity contribution in [2.24, 2.45) is 23.3 Å². The van der Waals surface area contributed by atoms with Crippen LogP contribution in [0, 0.1) is 23.2 Å². The van der Waals surface area contributed by atoms with E-state index in [0.29, 0.717) is 5.52 Å². The number of esters is 3. The molecule has 0 amide bonds. The molecule has 3 rings (SSSR count). The standard InChI is InChI=1S/C32H50N8O8/c1-18(2)24(34)30(42)47-26(22-12-13-23-28(36)37-16-39-40(22)23)27(48-31(43)25(35)19(3)4)32(14-33,44-6)15-45-17-38-20(5)29(41)46-21-10-8-7-9-11-21/h12-13,16,18-21,24-27,38H,7-11,15,17,34-35H2,1-6H3,(H2,36,37,39)/t20-,24?,25?,26-,27-,32?/m0/s1. The highest BCUT2D eigenvalue weighted by molar-refractivity contribution is 5.77. The summed E-state index contributed by atoms with van der Waals surface area (Å²) in [6.45, 7) is 7.85. The molecule has 7 N–H and O–H groups in total. The van der Waals surface area contributed by atoms with Gasteiger partial charge >= 0.3 is 17.9 Å². The maximum atomic E-state index is 13.4. The molecule has 0 spiro atoms. The maximum Gasteiger partial charge on any atom is 0.323 e. The fourth-order valence-corrected chi connectivity index (χ4v) is 5.14. The molecule has 266 valence electrons. The number of ether oxygens (including phenoxy) is 5. The molecule has 6 atom stereocenters. The van der Waals surface area contributed by atoms with Crippen molar-refractivity contribution in [1.29, 1.82) is 5.26 Å². The quantitative estimate of drug-likeness (QED) is 0.0804. The number of hydrogen-bond donors (Lipinski definition) is 4. The molecule has 2 heterocycles. The van der Waals surface area contributed by atoms with E-state index in [-0.39, 0.29) is 36.2 Å². The van der Waals surface area contributed by atoms with Gasteiger partial charge in [0.2, 0.25) is 5.60 Å². The third-order valence-electron chi connectivity index (χ3n) is 8.55. The number of nitrogen functional groups attached to an aromatic ring is 1. The predicted octanol–water partition coefficient (Wildman–Crippen LogP) is 1.51. The summed E-state index contributed by atoms with van der Waals surface area (Å²) < 4.78 is 30.4. The van der Waals surface area contributed by atoms with Gasteiger partial charge in [0.05, 0.1) is 19.0 Å². The Labute approximate surface area is 280 Å². The van der Waals surface area contributed by atoms with Gasteiger partial charge in [-0.25, -0.2) is 9.50 Å². The van der Waals surface area contributed by atoms with Gasteiger partial charge in [0.15, 0.2) is 18.0 Å². The van der Waals surface area contributed by atoms with Crippen LogP contribution in [0.4, 0.5) is 5.82 Å². The average Bonchev–Trinajstić information content (AvgIpc) is 3.51. The van der Waals surface area contributed by atoms with Gasteiger partial charge in [-0.3, -0.25) is 19.7 Å². The highest BCUT2D eigenvalue weighted by Gasteiger charge is 2.52. The van der Waals surface area contributed by atoms with Crippen LogP contribution in [0.15, 0.2) is 18.5 Å². The monoisotopic (exact) mass is 674 g/mol. The van der Waals surface area contributed by atoms with E-state index in [0.717, 1.165) is 32.1 Å². The summed E-state index contributed by atoms with van der Waals surface area (Å²) in [5.74, 6) is -2.68. The highest BCUT2D eigenvalue weighted by Crippen LogP contribution is 2.35. The Morgan fingerprint density at radius 1 is 1.02 bits per heavy atom. The number of anilines is 1. The number of rotatable bonds is 17. The van der Waals surface area contributed by atoms with Crippen molar-refractivity contribution in [3.05, 3.63) is 24.2 Å². The van der Waals surface area contributed by atoms with Crippen LogP contribution in [-0.2, 0) is 38.1 Å². The molecular formula is C32H50N8O8. The van der Waals surface area contributed by atoms with Gasteiger partial charge in [0, 0.05) is 7.11 Å². The van der Waals surface area contributed by atoms with Crippen molar-refractivity contribution < 1.29 is 38.1 Å². The first-order valence-corrected chi connectivity index (χ1v) is 16.2. The molecular weight excluding hydrogens is 624 g/mol. The molecule has 3 unspecified atom stereocenters. The van der Waals surface area contributed by atoms with E-state index >= 15 is 0 Å². The molecule has 0 radical (unpaired) electrons. The molecule has 0 aromatic carbocycles. The Morgan fingerprint density at radius 2 is 1.65 bits per heavy atom. The second kappa shape index (κ2) is 17.5. The number of fused-ring (bicyclic) bond motifs is 1. The maximum absolute atomic E-state index is 13.4. The van der Waals surface area contributed by atoms with Gasteiger partial charge in [-0.05, 0) is 56.6 Å². The van der Waals surface area contributed by atoms with E-state index in [4.69, 9.17) is 40.9 Å². The Balaban J connectivity index is 1.97. The fraction of sp³-hybridized carbons (Fsp3) is 0.688. The van der Waals surface area contributed by atoms with Crippen molar-refractivity contribution in [1.82, 2.24) is 19.9 Å². The second-order valence-corrected chi connectivity index (χ2v) is 12.8. The first-order chi connectivity index (χ1) is 22.8. The highest BCUT2D eigenvalue weighted by atomic mass is 16.6. The topological polar surface area (TPSA) is 241 Å². The molecule has 1 fully saturated rings. The van der Waals surface area contributed by atoms with Gasteiger partial charge in [-0.2, -0.15) is 10.4 Å². The van der Waals surface area contributed by atoms with Crippen LogP contribution in [0.25, 0.3) is 5.52 Å². The molecule has 0 saturated heterocycles. The van der Waals surface area contributed by atoms with Crippen LogP contribution in [0.1, 0.15) is 78.5 Å². The Bertz CT molecular complexity index is 1420. The predicted molar refractivity (Wildman–Crippen MR) is 173 cm³/mol. The lowest BCUT2D eigenvalue weighted by Gasteiger charge is -2.38. The lowest BCUT2D eigenvalue weighted by Crippen LogP contribution is -2.56. The summed E-state index contributed by atoms with van der Waals surface area (Å²) in [5, 5.41) is 17.8. The molecule has 2 aromatic heterocycles. The molecule has 1 saturated carbocycles. The number of nitrogens with two attached hydrogens (primary N) is 3. The largest absolute Gasteiger partial charge is 0.461 e. The average molecular weight is 675 g/mol. The Kier molecular flexibility index (Phi) is 14.1. The van der Waals surface area contributed by atoms with Crippen LogP contribution < -0.4 is 22.5 Å². The molecule has 1 aliphatic rings. The second-order valence-electron chi connectivity index (χ2n) is 12.8. The van der Waals surface area contributed by atoms with Gasteiger partial charge in [-0.1, -0.05) is 34.1 Å². The molecule has 2 aromatic rings. The van der Waals surface area contributed by atoms with Crippen molar-refractivity contribution >= 4 is 29.2 Å². The van der Waals surface area contributed by atoms with E-state index in [2.05, 4.69) is 21.5 Å². The molecule has 1 aliphatic carbocycles.